The van der Waals surface area contributed by atoms with E-state index in [0.29, 0.717) is 0 Å². The highest BCUT2D eigenvalue weighted by atomic mass is 16.1. The standard InChI is InChI=1S/C11H14O/c1-8(2)10-6-4-5-7-11(10)9(3)12/h4-7,10-11H,1H2,2-3H3. The molecule has 12 heavy (non-hydrogen) atoms. The van der Waals surface area contributed by atoms with Gasteiger partial charge in [0.05, 0.1) is 0 Å². The van der Waals surface area contributed by atoms with Crippen LogP contribution >= 0.6 is 0 Å². The zero-order valence-corrected chi connectivity index (χ0v) is 7.58. The minimum absolute atomic E-state index is 0.00694. The Morgan fingerprint density at radius 3 is 2.00 bits per heavy atom. The SMILES string of the molecule is C=C(C)C1C=CC=CC1C(C)=O. The monoisotopic (exact) mass is 162 g/mol. The Hall–Kier alpha value is -1.11. The van der Waals surface area contributed by atoms with Crippen LogP contribution in [0.3, 0.4) is 0 Å². The van der Waals surface area contributed by atoms with Crippen molar-refractivity contribution in [2.45, 2.75) is 13.8 Å². The van der Waals surface area contributed by atoms with Gasteiger partial charge in [-0.25, -0.2) is 0 Å². The molecule has 64 valence electrons. The van der Waals surface area contributed by atoms with Crippen molar-refractivity contribution in [1.29, 1.82) is 0 Å². The Bertz CT molecular complexity index is 230. The molecule has 0 aromatic heterocycles. The first kappa shape index (κ1) is 8.98. The molecule has 1 heteroatoms. The first-order valence-electron chi connectivity index (χ1n) is 4.14. The van der Waals surface area contributed by atoms with Crippen LogP contribution < -0.4 is 0 Å². The molecule has 0 radical (unpaired) electrons. The number of carbonyl (C=O) groups is 1. The second kappa shape index (κ2) is 3.53. The normalized spacial score (nSPS) is 27.2. The Morgan fingerprint density at radius 2 is 1.67 bits per heavy atom. The summed E-state index contributed by atoms with van der Waals surface area (Å²) in [6.45, 7) is 7.47. The van der Waals surface area contributed by atoms with Gasteiger partial charge in [-0.3, -0.25) is 4.79 Å². The Morgan fingerprint density at radius 1 is 1.17 bits per heavy atom. The number of Topliss-reactive ketones (excluding diaryl/α,β-unsaturated/α-hetero) is 1. The van der Waals surface area contributed by atoms with Crippen molar-refractivity contribution in [3.63, 3.8) is 0 Å². The van der Waals surface area contributed by atoms with Gasteiger partial charge in [0.2, 0.25) is 0 Å². The summed E-state index contributed by atoms with van der Waals surface area (Å²) < 4.78 is 0. The fraction of sp³-hybridized carbons (Fsp3) is 0.364. The number of hydrogen-bond acceptors (Lipinski definition) is 1. The van der Waals surface area contributed by atoms with E-state index in [1.165, 1.54) is 0 Å². The summed E-state index contributed by atoms with van der Waals surface area (Å²) in [6.07, 6.45) is 7.88. The van der Waals surface area contributed by atoms with Crippen LogP contribution in [0.1, 0.15) is 13.8 Å². The second-order valence-electron chi connectivity index (χ2n) is 3.28. The summed E-state index contributed by atoms with van der Waals surface area (Å²) in [5.41, 5.74) is 1.05. The molecule has 0 amide bonds. The Kier molecular flexibility index (Phi) is 2.64. The van der Waals surface area contributed by atoms with Crippen LogP contribution in [0.4, 0.5) is 0 Å². The molecule has 1 rings (SSSR count). The highest BCUT2D eigenvalue weighted by molar-refractivity contribution is 5.81. The van der Waals surface area contributed by atoms with Crippen LogP contribution in [0, 0.1) is 11.8 Å². The van der Waals surface area contributed by atoms with Crippen molar-refractivity contribution < 1.29 is 4.79 Å². The van der Waals surface area contributed by atoms with Crippen molar-refractivity contribution in [3.8, 4) is 0 Å². The van der Waals surface area contributed by atoms with Gasteiger partial charge in [0.1, 0.15) is 5.78 Å². The lowest BCUT2D eigenvalue weighted by molar-refractivity contribution is -0.120. The molecule has 2 unspecified atom stereocenters. The lowest BCUT2D eigenvalue weighted by atomic mass is 9.82. The van der Waals surface area contributed by atoms with Gasteiger partial charge in [-0.2, -0.15) is 0 Å². The molecular weight excluding hydrogens is 148 g/mol. The maximum atomic E-state index is 11.2. The van der Waals surface area contributed by atoms with Gasteiger partial charge >= 0.3 is 0 Å². The average molecular weight is 162 g/mol. The van der Waals surface area contributed by atoms with Crippen LogP contribution in [0.2, 0.25) is 0 Å². The molecule has 1 aliphatic rings. The lowest BCUT2D eigenvalue weighted by Crippen LogP contribution is -2.20. The minimum Gasteiger partial charge on any atom is -0.299 e. The number of hydrogen-bond donors (Lipinski definition) is 0. The van der Waals surface area contributed by atoms with E-state index in [2.05, 4.69) is 6.58 Å². The third-order valence-electron chi connectivity index (χ3n) is 2.17. The molecule has 2 atom stereocenters. The maximum absolute atomic E-state index is 11.2. The van der Waals surface area contributed by atoms with Crippen LogP contribution in [-0.4, -0.2) is 5.78 Å². The molecule has 0 heterocycles. The van der Waals surface area contributed by atoms with Crippen molar-refractivity contribution in [2.75, 3.05) is 0 Å². The summed E-state index contributed by atoms with van der Waals surface area (Å²) in [7, 11) is 0. The molecule has 0 saturated carbocycles. The van der Waals surface area contributed by atoms with Gasteiger partial charge in [0.25, 0.3) is 0 Å². The lowest BCUT2D eigenvalue weighted by Gasteiger charge is -2.21. The summed E-state index contributed by atoms with van der Waals surface area (Å²) >= 11 is 0. The highest BCUT2D eigenvalue weighted by Crippen LogP contribution is 2.25. The third-order valence-corrected chi connectivity index (χ3v) is 2.17. The van der Waals surface area contributed by atoms with Crippen LogP contribution in [0.15, 0.2) is 36.5 Å². The van der Waals surface area contributed by atoms with E-state index in [1.807, 2.05) is 31.2 Å². The average Bonchev–Trinajstić information content (AvgIpc) is 2.04. The van der Waals surface area contributed by atoms with Crippen molar-refractivity contribution in [3.05, 3.63) is 36.5 Å². The molecule has 0 bridgehead atoms. The smallest absolute Gasteiger partial charge is 0.137 e. The predicted molar refractivity (Wildman–Crippen MR) is 50.8 cm³/mol. The summed E-state index contributed by atoms with van der Waals surface area (Å²) in [5, 5.41) is 0. The van der Waals surface area contributed by atoms with Gasteiger partial charge < -0.3 is 0 Å². The van der Waals surface area contributed by atoms with E-state index < -0.39 is 0 Å². The van der Waals surface area contributed by atoms with E-state index in [0.717, 1.165) is 5.57 Å². The van der Waals surface area contributed by atoms with Crippen molar-refractivity contribution in [1.82, 2.24) is 0 Å². The minimum atomic E-state index is 0.00694. The van der Waals surface area contributed by atoms with E-state index in [9.17, 15) is 4.79 Å². The summed E-state index contributed by atoms with van der Waals surface area (Å²) in [4.78, 5) is 11.2. The Labute approximate surface area is 73.5 Å². The predicted octanol–water partition coefficient (Wildman–Crippen LogP) is 2.51. The molecule has 1 nitrogen and oxygen atoms in total. The molecule has 1 aliphatic carbocycles. The van der Waals surface area contributed by atoms with Gasteiger partial charge in [-0.1, -0.05) is 36.5 Å². The zero-order valence-electron chi connectivity index (χ0n) is 7.58. The first-order valence-corrected chi connectivity index (χ1v) is 4.14. The third kappa shape index (κ3) is 1.73. The Balaban J connectivity index is 2.85. The van der Waals surface area contributed by atoms with Crippen LogP contribution in [0.5, 0.6) is 0 Å². The fourth-order valence-electron chi connectivity index (χ4n) is 1.47. The van der Waals surface area contributed by atoms with Crippen molar-refractivity contribution in [2.24, 2.45) is 11.8 Å². The molecule has 0 N–H and O–H groups in total. The van der Waals surface area contributed by atoms with E-state index >= 15 is 0 Å². The molecule has 0 aromatic rings. The van der Waals surface area contributed by atoms with Gasteiger partial charge in [-0.15, -0.1) is 0 Å². The fourth-order valence-corrected chi connectivity index (χ4v) is 1.47. The number of ketones is 1. The highest BCUT2D eigenvalue weighted by Gasteiger charge is 2.22. The maximum Gasteiger partial charge on any atom is 0.137 e. The van der Waals surface area contributed by atoms with Gasteiger partial charge in [0, 0.05) is 11.8 Å². The van der Waals surface area contributed by atoms with Gasteiger partial charge in [0.15, 0.2) is 0 Å². The molecule has 0 spiro atoms. The molecule has 0 aromatic carbocycles. The first-order chi connectivity index (χ1) is 5.63. The zero-order chi connectivity index (χ0) is 9.14. The van der Waals surface area contributed by atoms with E-state index in [1.54, 1.807) is 6.92 Å². The van der Waals surface area contributed by atoms with Crippen LogP contribution in [0.25, 0.3) is 0 Å². The second-order valence-corrected chi connectivity index (χ2v) is 3.28. The quantitative estimate of drug-likeness (QED) is 0.570. The summed E-state index contributed by atoms with van der Waals surface area (Å²) in [6, 6.07) is 0. The summed E-state index contributed by atoms with van der Waals surface area (Å²) in [5.74, 6) is 0.420. The molecule has 0 aliphatic heterocycles. The molecule has 0 fully saturated rings. The molecular formula is C11H14O. The largest absolute Gasteiger partial charge is 0.299 e. The number of allylic oxidation sites excluding steroid dienone is 5. The van der Waals surface area contributed by atoms with E-state index in [4.69, 9.17) is 0 Å². The number of rotatable bonds is 2. The van der Waals surface area contributed by atoms with E-state index in [-0.39, 0.29) is 17.6 Å². The molecule has 0 saturated heterocycles. The van der Waals surface area contributed by atoms with Gasteiger partial charge in [-0.05, 0) is 13.8 Å². The topological polar surface area (TPSA) is 17.1 Å². The van der Waals surface area contributed by atoms with Crippen LogP contribution in [-0.2, 0) is 4.79 Å². The van der Waals surface area contributed by atoms with Crippen molar-refractivity contribution >= 4 is 5.78 Å². The number of carbonyl (C=O) groups excluding carboxylic acids is 1.